The molecule has 0 saturated carbocycles. The van der Waals surface area contributed by atoms with Gasteiger partial charge in [0.15, 0.2) is 0 Å². The number of aryl methyl sites for hydroxylation is 2. The molecular weight excluding hydrogens is 258 g/mol. The van der Waals surface area contributed by atoms with E-state index in [2.05, 4.69) is 50.4 Å². The molecule has 1 atom stereocenters. The molecule has 0 aliphatic heterocycles. The van der Waals surface area contributed by atoms with Gasteiger partial charge in [0.05, 0.1) is 12.5 Å². The van der Waals surface area contributed by atoms with Crippen molar-refractivity contribution in [2.45, 2.75) is 39.7 Å². The van der Waals surface area contributed by atoms with Gasteiger partial charge in [0.25, 0.3) is 0 Å². The molecule has 2 nitrogen and oxygen atoms in total. The molecular formula is C19H23NO. The van der Waals surface area contributed by atoms with Crippen LogP contribution in [0, 0.1) is 13.8 Å². The molecule has 1 amide bonds. The predicted octanol–water partition coefficient (Wildman–Crippen LogP) is 4.11. The highest BCUT2D eigenvalue weighted by Gasteiger charge is 2.12. The lowest BCUT2D eigenvalue weighted by Gasteiger charge is -2.17. The fraction of sp³-hybridized carbons (Fsp3) is 0.316. The van der Waals surface area contributed by atoms with Gasteiger partial charge in [-0.2, -0.15) is 0 Å². The molecule has 2 aromatic carbocycles. The van der Waals surface area contributed by atoms with Crippen LogP contribution in [0.4, 0.5) is 0 Å². The highest BCUT2D eigenvalue weighted by Crippen LogP contribution is 2.16. The topological polar surface area (TPSA) is 29.1 Å². The van der Waals surface area contributed by atoms with Crippen LogP contribution in [-0.2, 0) is 11.2 Å². The number of hydrogen-bond donors (Lipinski definition) is 1. The monoisotopic (exact) mass is 281 g/mol. The Bertz CT molecular complexity index is 604. The van der Waals surface area contributed by atoms with Crippen LogP contribution in [0.5, 0.6) is 0 Å². The number of nitrogens with one attached hydrogen (secondary N) is 1. The van der Waals surface area contributed by atoms with Crippen LogP contribution in [0.25, 0.3) is 0 Å². The van der Waals surface area contributed by atoms with Crippen LogP contribution in [0.15, 0.2) is 48.5 Å². The number of carbonyl (C=O) groups excluding carboxylic acids is 1. The first-order valence-corrected chi connectivity index (χ1v) is 7.50. The van der Waals surface area contributed by atoms with Crippen LogP contribution < -0.4 is 5.32 Å². The molecule has 110 valence electrons. The highest BCUT2D eigenvalue weighted by molar-refractivity contribution is 5.79. The van der Waals surface area contributed by atoms with Gasteiger partial charge in [0.2, 0.25) is 5.91 Å². The normalized spacial score (nSPS) is 12.0. The Kier molecular flexibility index (Phi) is 5.15. The SMILES string of the molecule is CCC(NC(=O)Cc1ccc(C)c(C)c1)c1ccccc1. The van der Waals surface area contributed by atoms with E-state index in [0.29, 0.717) is 6.42 Å². The molecule has 0 fully saturated rings. The molecule has 0 heterocycles. The van der Waals surface area contributed by atoms with E-state index in [0.717, 1.165) is 17.5 Å². The van der Waals surface area contributed by atoms with E-state index in [9.17, 15) is 4.79 Å². The first kappa shape index (κ1) is 15.3. The lowest BCUT2D eigenvalue weighted by Crippen LogP contribution is -2.29. The zero-order valence-corrected chi connectivity index (χ0v) is 13.0. The molecule has 0 aliphatic rings. The van der Waals surface area contributed by atoms with Crippen molar-refractivity contribution < 1.29 is 4.79 Å². The Hall–Kier alpha value is -2.09. The Morgan fingerprint density at radius 3 is 2.38 bits per heavy atom. The second-order valence-electron chi connectivity index (χ2n) is 5.53. The van der Waals surface area contributed by atoms with Gasteiger partial charge in [-0.25, -0.2) is 0 Å². The first-order valence-electron chi connectivity index (χ1n) is 7.50. The summed E-state index contributed by atoms with van der Waals surface area (Å²) in [7, 11) is 0. The van der Waals surface area contributed by atoms with Crippen molar-refractivity contribution in [3.05, 3.63) is 70.8 Å². The van der Waals surface area contributed by atoms with Gasteiger partial charge in [0, 0.05) is 0 Å². The van der Waals surface area contributed by atoms with E-state index in [1.807, 2.05) is 24.3 Å². The summed E-state index contributed by atoms with van der Waals surface area (Å²) in [5.41, 5.74) is 4.72. The maximum Gasteiger partial charge on any atom is 0.224 e. The summed E-state index contributed by atoms with van der Waals surface area (Å²) in [4.78, 5) is 12.2. The quantitative estimate of drug-likeness (QED) is 0.878. The summed E-state index contributed by atoms with van der Waals surface area (Å²) in [6.07, 6.45) is 1.33. The van der Waals surface area contributed by atoms with Gasteiger partial charge in [-0.1, -0.05) is 55.5 Å². The molecule has 2 aromatic rings. The smallest absolute Gasteiger partial charge is 0.224 e. The zero-order valence-electron chi connectivity index (χ0n) is 13.0. The third-order valence-corrected chi connectivity index (χ3v) is 3.88. The Balaban J connectivity index is 2.01. The second-order valence-corrected chi connectivity index (χ2v) is 5.53. The number of amides is 1. The molecule has 0 bridgehead atoms. The number of carbonyl (C=O) groups is 1. The molecule has 1 unspecified atom stereocenters. The molecule has 2 rings (SSSR count). The van der Waals surface area contributed by atoms with Crippen molar-refractivity contribution in [2.75, 3.05) is 0 Å². The second kappa shape index (κ2) is 7.07. The summed E-state index contributed by atoms with van der Waals surface area (Å²) < 4.78 is 0. The number of benzene rings is 2. The Labute approximate surface area is 127 Å². The summed E-state index contributed by atoms with van der Waals surface area (Å²) in [5, 5.41) is 3.13. The fourth-order valence-corrected chi connectivity index (χ4v) is 2.45. The highest BCUT2D eigenvalue weighted by atomic mass is 16.1. The van der Waals surface area contributed by atoms with E-state index in [1.165, 1.54) is 11.1 Å². The van der Waals surface area contributed by atoms with Crippen molar-refractivity contribution in [3.63, 3.8) is 0 Å². The van der Waals surface area contributed by atoms with Gasteiger partial charge >= 0.3 is 0 Å². The van der Waals surface area contributed by atoms with Gasteiger partial charge in [-0.15, -0.1) is 0 Å². The summed E-state index contributed by atoms with van der Waals surface area (Å²) >= 11 is 0. The van der Waals surface area contributed by atoms with Crippen LogP contribution in [0.1, 0.15) is 41.6 Å². The van der Waals surface area contributed by atoms with Crippen LogP contribution in [-0.4, -0.2) is 5.91 Å². The van der Waals surface area contributed by atoms with E-state index in [4.69, 9.17) is 0 Å². The van der Waals surface area contributed by atoms with Gasteiger partial charge in [0.1, 0.15) is 0 Å². The third kappa shape index (κ3) is 4.19. The van der Waals surface area contributed by atoms with E-state index in [1.54, 1.807) is 0 Å². The number of hydrogen-bond acceptors (Lipinski definition) is 1. The molecule has 0 aliphatic carbocycles. The van der Waals surface area contributed by atoms with Gasteiger partial charge in [-0.05, 0) is 42.5 Å². The molecule has 0 radical (unpaired) electrons. The largest absolute Gasteiger partial charge is 0.349 e. The average molecular weight is 281 g/mol. The minimum atomic E-state index is 0.0777. The molecule has 1 N–H and O–H groups in total. The van der Waals surface area contributed by atoms with Gasteiger partial charge in [-0.3, -0.25) is 4.79 Å². The fourth-order valence-electron chi connectivity index (χ4n) is 2.45. The summed E-state index contributed by atoms with van der Waals surface area (Å²) in [6, 6.07) is 16.4. The van der Waals surface area contributed by atoms with Crippen LogP contribution in [0.3, 0.4) is 0 Å². The van der Waals surface area contributed by atoms with Crippen molar-refractivity contribution in [1.82, 2.24) is 5.32 Å². The zero-order chi connectivity index (χ0) is 15.2. The van der Waals surface area contributed by atoms with Crippen molar-refractivity contribution >= 4 is 5.91 Å². The van der Waals surface area contributed by atoms with Crippen molar-refractivity contribution in [2.24, 2.45) is 0 Å². The Morgan fingerprint density at radius 1 is 1.05 bits per heavy atom. The summed E-state index contributed by atoms with van der Waals surface area (Å²) in [5.74, 6) is 0.0777. The van der Waals surface area contributed by atoms with E-state index >= 15 is 0 Å². The van der Waals surface area contributed by atoms with E-state index < -0.39 is 0 Å². The maximum absolute atomic E-state index is 12.2. The minimum Gasteiger partial charge on any atom is -0.349 e. The molecule has 0 aromatic heterocycles. The van der Waals surface area contributed by atoms with Crippen molar-refractivity contribution in [1.29, 1.82) is 0 Å². The number of rotatable bonds is 5. The average Bonchev–Trinajstić information content (AvgIpc) is 2.49. The lowest BCUT2D eigenvalue weighted by atomic mass is 10.0. The molecule has 21 heavy (non-hydrogen) atoms. The van der Waals surface area contributed by atoms with Crippen molar-refractivity contribution in [3.8, 4) is 0 Å². The van der Waals surface area contributed by atoms with E-state index in [-0.39, 0.29) is 11.9 Å². The Morgan fingerprint density at radius 2 is 1.76 bits per heavy atom. The molecule has 0 saturated heterocycles. The molecule has 2 heteroatoms. The predicted molar refractivity (Wildman–Crippen MR) is 87.2 cm³/mol. The minimum absolute atomic E-state index is 0.0777. The first-order chi connectivity index (χ1) is 10.1. The van der Waals surface area contributed by atoms with Crippen LogP contribution in [0.2, 0.25) is 0 Å². The van der Waals surface area contributed by atoms with Gasteiger partial charge < -0.3 is 5.32 Å². The van der Waals surface area contributed by atoms with Crippen LogP contribution >= 0.6 is 0 Å². The summed E-state index contributed by atoms with van der Waals surface area (Å²) in [6.45, 7) is 6.26. The third-order valence-electron chi connectivity index (χ3n) is 3.88. The molecule has 0 spiro atoms. The standard InChI is InChI=1S/C19H23NO/c1-4-18(17-8-6-5-7-9-17)20-19(21)13-16-11-10-14(2)15(3)12-16/h5-12,18H,4,13H2,1-3H3,(H,20,21). The maximum atomic E-state index is 12.2. The lowest BCUT2D eigenvalue weighted by molar-refractivity contribution is -0.121.